The molecule has 76 valence electrons. The van der Waals surface area contributed by atoms with Crippen molar-refractivity contribution < 1.29 is 18.7 Å². The smallest absolute Gasteiger partial charge is 0.339 e. The number of aryl methyl sites for hydroxylation is 1. The van der Waals surface area contributed by atoms with Crippen LogP contribution in [0.25, 0.3) is 0 Å². The molecule has 1 aromatic rings. The first-order chi connectivity index (χ1) is 6.61. The van der Waals surface area contributed by atoms with Gasteiger partial charge in [0.1, 0.15) is 11.3 Å². The second-order valence-corrected chi connectivity index (χ2v) is 3.14. The van der Waals surface area contributed by atoms with Gasteiger partial charge in [0, 0.05) is 6.54 Å². The molecule has 1 N–H and O–H groups in total. The van der Waals surface area contributed by atoms with Crippen molar-refractivity contribution >= 4 is 5.97 Å². The molecule has 0 saturated heterocycles. The number of carbonyl (C=O) groups is 1. The highest BCUT2D eigenvalue weighted by Crippen LogP contribution is 2.28. The lowest BCUT2D eigenvalue weighted by Gasteiger charge is -1.97. The molecule has 2 rings (SSSR count). The third-order valence-electron chi connectivity index (χ3n) is 2.29. The Morgan fingerprint density at radius 3 is 2.86 bits per heavy atom. The van der Waals surface area contributed by atoms with Crippen LogP contribution in [0.1, 0.15) is 34.6 Å². The number of aromatic carboxylic acids is 1. The first-order valence-corrected chi connectivity index (χ1v) is 4.22. The number of aromatic nitrogens is 2. The van der Waals surface area contributed by atoms with Crippen molar-refractivity contribution in [2.45, 2.75) is 25.8 Å². The lowest BCUT2D eigenvalue weighted by molar-refractivity contribution is 0.0683. The summed E-state index contributed by atoms with van der Waals surface area (Å²) in [5, 5.41) is 12.4. The minimum Gasteiger partial charge on any atom is -0.478 e. The minimum absolute atomic E-state index is 0.308. The molecular weight excluding hydrogens is 194 g/mol. The molecule has 0 unspecified atom stereocenters. The maximum atomic E-state index is 12.4. The van der Waals surface area contributed by atoms with Gasteiger partial charge >= 0.3 is 5.97 Å². The van der Waals surface area contributed by atoms with E-state index in [1.165, 1.54) is 4.68 Å². The number of fused-ring (bicyclic) bond motifs is 1. The fraction of sp³-hybridized carbons (Fsp3) is 0.500. The van der Waals surface area contributed by atoms with Crippen molar-refractivity contribution in [1.29, 1.82) is 0 Å². The molecule has 0 atom stereocenters. The summed E-state index contributed by atoms with van der Waals surface area (Å²) in [6.45, 7) is 0.530. The van der Waals surface area contributed by atoms with E-state index in [2.05, 4.69) is 5.10 Å². The van der Waals surface area contributed by atoms with Gasteiger partial charge in [0.25, 0.3) is 6.43 Å². The van der Waals surface area contributed by atoms with Gasteiger partial charge in [0.05, 0.1) is 5.69 Å². The number of rotatable bonds is 2. The van der Waals surface area contributed by atoms with E-state index >= 15 is 0 Å². The molecule has 0 fully saturated rings. The molecular formula is C8H8F2N2O2. The summed E-state index contributed by atoms with van der Waals surface area (Å²) >= 11 is 0. The largest absolute Gasteiger partial charge is 0.478 e. The van der Waals surface area contributed by atoms with Gasteiger partial charge in [-0.3, -0.25) is 4.68 Å². The Morgan fingerprint density at radius 1 is 1.57 bits per heavy atom. The van der Waals surface area contributed by atoms with E-state index in [1.807, 2.05) is 0 Å². The minimum atomic E-state index is -2.82. The van der Waals surface area contributed by atoms with Gasteiger partial charge in [-0.1, -0.05) is 0 Å². The van der Waals surface area contributed by atoms with Crippen LogP contribution in [-0.2, 0) is 13.0 Å². The standard InChI is InChI=1S/C8H8F2N2O2/c9-7(10)6-5(8(13)14)4-2-1-3-12(4)11-6/h7H,1-3H2,(H,13,14). The fourth-order valence-corrected chi connectivity index (χ4v) is 1.74. The van der Waals surface area contributed by atoms with E-state index < -0.39 is 18.1 Å². The summed E-state index contributed by atoms with van der Waals surface area (Å²) in [6.07, 6.45) is -1.53. The Hall–Kier alpha value is -1.46. The molecule has 0 spiro atoms. The number of carboxylic acid groups (broad SMARTS) is 1. The molecule has 1 aromatic heterocycles. The molecule has 1 aliphatic heterocycles. The molecule has 0 aromatic carbocycles. The van der Waals surface area contributed by atoms with Gasteiger partial charge in [-0.2, -0.15) is 5.10 Å². The Kier molecular flexibility index (Phi) is 1.98. The average Bonchev–Trinajstić information content (AvgIpc) is 2.58. The van der Waals surface area contributed by atoms with Crippen molar-refractivity contribution in [3.05, 3.63) is 17.0 Å². The molecule has 1 aliphatic rings. The van der Waals surface area contributed by atoms with Crippen LogP contribution >= 0.6 is 0 Å². The van der Waals surface area contributed by atoms with E-state index in [-0.39, 0.29) is 5.56 Å². The second kappa shape index (κ2) is 3.04. The predicted octanol–water partition coefficient (Wildman–Crippen LogP) is 1.47. The summed E-state index contributed by atoms with van der Waals surface area (Å²) in [6, 6.07) is 0. The maximum Gasteiger partial charge on any atom is 0.339 e. The number of halogens is 2. The molecule has 0 radical (unpaired) electrons. The van der Waals surface area contributed by atoms with Gasteiger partial charge in [-0.25, -0.2) is 13.6 Å². The number of carboxylic acids is 1. The molecule has 2 heterocycles. The van der Waals surface area contributed by atoms with Crippen molar-refractivity contribution in [3.63, 3.8) is 0 Å². The SMILES string of the molecule is O=C(O)c1c(C(F)F)nn2c1CCC2. The average molecular weight is 202 g/mol. The van der Waals surface area contributed by atoms with Crippen LogP contribution in [0.2, 0.25) is 0 Å². The monoisotopic (exact) mass is 202 g/mol. The zero-order valence-electron chi connectivity index (χ0n) is 7.20. The summed E-state index contributed by atoms with van der Waals surface area (Å²) < 4.78 is 26.2. The van der Waals surface area contributed by atoms with E-state index in [9.17, 15) is 13.6 Å². The van der Waals surface area contributed by atoms with E-state index in [4.69, 9.17) is 5.11 Å². The molecule has 0 amide bonds. The predicted molar refractivity (Wildman–Crippen MR) is 42.5 cm³/mol. The van der Waals surface area contributed by atoms with Crippen molar-refractivity contribution in [3.8, 4) is 0 Å². The molecule has 0 saturated carbocycles. The van der Waals surface area contributed by atoms with Gasteiger partial charge < -0.3 is 5.11 Å². The van der Waals surface area contributed by atoms with Crippen LogP contribution in [0.15, 0.2) is 0 Å². The van der Waals surface area contributed by atoms with Crippen LogP contribution in [0.3, 0.4) is 0 Å². The Labute approximate surface area is 78.1 Å². The lowest BCUT2D eigenvalue weighted by Crippen LogP contribution is -2.03. The molecule has 4 nitrogen and oxygen atoms in total. The van der Waals surface area contributed by atoms with Gasteiger partial charge in [-0.15, -0.1) is 0 Å². The summed E-state index contributed by atoms with van der Waals surface area (Å²) in [5.41, 5.74) is -0.488. The number of hydrogen-bond acceptors (Lipinski definition) is 2. The lowest BCUT2D eigenvalue weighted by atomic mass is 10.1. The second-order valence-electron chi connectivity index (χ2n) is 3.14. The highest BCUT2D eigenvalue weighted by Gasteiger charge is 2.30. The zero-order valence-corrected chi connectivity index (χ0v) is 7.20. The first-order valence-electron chi connectivity index (χ1n) is 4.22. The van der Waals surface area contributed by atoms with Crippen LogP contribution in [0.4, 0.5) is 8.78 Å². The molecule has 6 heteroatoms. The summed E-state index contributed by atoms with van der Waals surface area (Å²) in [5.74, 6) is -1.32. The molecule has 0 aliphatic carbocycles. The van der Waals surface area contributed by atoms with Gasteiger partial charge in [0.15, 0.2) is 0 Å². The third kappa shape index (κ3) is 1.18. The van der Waals surface area contributed by atoms with Crippen molar-refractivity contribution in [2.75, 3.05) is 0 Å². The number of nitrogens with zero attached hydrogens (tertiary/aromatic N) is 2. The van der Waals surface area contributed by atoms with E-state index in [0.717, 1.165) is 6.42 Å². The molecule has 14 heavy (non-hydrogen) atoms. The van der Waals surface area contributed by atoms with Crippen molar-refractivity contribution in [2.24, 2.45) is 0 Å². The van der Waals surface area contributed by atoms with Crippen LogP contribution in [-0.4, -0.2) is 20.9 Å². The van der Waals surface area contributed by atoms with Gasteiger partial charge in [-0.05, 0) is 12.8 Å². The highest BCUT2D eigenvalue weighted by atomic mass is 19.3. The third-order valence-corrected chi connectivity index (χ3v) is 2.29. The highest BCUT2D eigenvalue weighted by molar-refractivity contribution is 5.90. The number of alkyl halides is 2. The van der Waals surface area contributed by atoms with E-state index in [1.54, 1.807) is 0 Å². The summed E-state index contributed by atoms with van der Waals surface area (Å²) in [7, 11) is 0. The topological polar surface area (TPSA) is 55.1 Å². The Bertz CT molecular complexity index is 387. The zero-order chi connectivity index (χ0) is 10.3. The van der Waals surface area contributed by atoms with Crippen molar-refractivity contribution in [1.82, 2.24) is 9.78 Å². The normalized spacial score (nSPS) is 14.8. The Balaban J connectivity index is 2.57. The van der Waals surface area contributed by atoms with Crippen LogP contribution < -0.4 is 0 Å². The van der Waals surface area contributed by atoms with Gasteiger partial charge in [0.2, 0.25) is 0 Å². The fourth-order valence-electron chi connectivity index (χ4n) is 1.74. The number of hydrogen-bond donors (Lipinski definition) is 1. The molecule has 0 bridgehead atoms. The first kappa shape index (κ1) is 9.11. The quantitative estimate of drug-likeness (QED) is 0.789. The van der Waals surface area contributed by atoms with Crippen LogP contribution in [0.5, 0.6) is 0 Å². The summed E-state index contributed by atoms with van der Waals surface area (Å²) in [4.78, 5) is 10.8. The van der Waals surface area contributed by atoms with E-state index in [0.29, 0.717) is 18.7 Å². The Morgan fingerprint density at radius 2 is 2.29 bits per heavy atom. The maximum absolute atomic E-state index is 12.4. The van der Waals surface area contributed by atoms with Crippen LogP contribution in [0, 0.1) is 0 Å².